The smallest absolute Gasteiger partial charge is 0.0622 e. The Bertz CT molecular complexity index is 409. The minimum Gasteiger partial charge on any atom is -0.380 e. The van der Waals surface area contributed by atoms with E-state index in [0.717, 1.165) is 30.2 Å². The van der Waals surface area contributed by atoms with Gasteiger partial charge in [0.05, 0.1) is 6.61 Å². The Kier molecular flexibility index (Phi) is 7.90. The van der Waals surface area contributed by atoms with E-state index >= 15 is 0 Å². The highest BCUT2D eigenvalue weighted by Crippen LogP contribution is 2.28. The number of nitrogens with one attached hydrogen (secondary N) is 1. The number of halogens is 2. The van der Waals surface area contributed by atoms with E-state index < -0.39 is 0 Å². The Morgan fingerprint density at radius 3 is 2.40 bits per heavy atom. The predicted octanol–water partition coefficient (Wildman–Crippen LogP) is 5.10. The van der Waals surface area contributed by atoms with Crippen molar-refractivity contribution in [3.8, 4) is 0 Å². The summed E-state index contributed by atoms with van der Waals surface area (Å²) in [5.41, 5.74) is 1.10. The molecule has 4 heteroatoms. The van der Waals surface area contributed by atoms with Crippen molar-refractivity contribution in [1.29, 1.82) is 0 Å². The second kappa shape index (κ2) is 8.89. The first-order valence-corrected chi connectivity index (χ1v) is 8.03. The van der Waals surface area contributed by atoms with Crippen LogP contribution in [0.25, 0.3) is 0 Å². The molecule has 0 radical (unpaired) electrons. The highest BCUT2D eigenvalue weighted by molar-refractivity contribution is 6.35. The molecule has 0 amide bonds. The van der Waals surface area contributed by atoms with Gasteiger partial charge < -0.3 is 10.1 Å². The lowest BCUT2D eigenvalue weighted by atomic mass is 9.99. The minimum atomic E-state index is 0.215. The molecule has 0 aromatic heterocycles. The van der Waals surface area contributed by atoms with E-state index in [4.69, 9.17) is 27.9 Å². The lowest BCUT2D eigenvalue weighted by Crippen LogP contribution is -2.40. The summed E-state index contributed by atoms with van der Waals surface area (Å²) in [6.45, 7) is 10.0. The quantitative estimate of drug-likeness (QED) is 0.720. The van der Waals surface area contributed by atoms with Gasteiger partial charge in [-0.2, -0.15) is 0 Å². The first kappa shape index (κ1) is 17.8. The van der Waals surface area contributed by atoms with Crippen molar-refractivity contribution in [1.82, 2.24) is 5.32 Å². The van der Waals surface area contributed by atoms with E-state index in [1.807, 2.05) is 19.1 Å². The first-order valence-electron chi connectivity index (χ1n) is 7.28. The van der Waals surface area contributed by atoms with E-state index in [9.17, 15) is 0 Å². The van der Waals surface area contributed by atoms with Gasteiger partial charge in [-0.3, -0.25) is 0 Å². The van der Waals surface area contributed by atoms with Crippen molar-refractivity contribution in [3.05, 3.63) is 33.8 Å². The lowest BCUT2D eigenvalue weighted by molar-refractivity contribution is 0.103. The Hall–Kier alpha value is -0.280. The van der Waals surface area contributed by atoms with Crippen LogP contribution in [0, 0.1) is 5.92 Å². The molecule has 0 spiro atoms. The molecule has 2 unspecified atom stereocenters. The summed E-state index contributed by atoms with van der Waals surface area (Å²) >= 11 is 12.3. The zero-order valence-electron chi connectivity index (χ0n) is 12.7. The van der Waals surface area contributed by atoms with Crippen LogP contribution in [0.5, 0.6) is 0 Å². The van der Waals surface area contributed by atoms with Gasteiger partial charge in [0, 0.05) is 28.7 Å². The van der Waals surface area contributed by atoms with Crippen LogP contribution in [-0.4, -0.2) is 19.3 Å². The average molecular weight is 318 g/mol. The van der Waals surface area contributed by atoms with Gasteiger partial charge in [-0.1, -0.05) is 50.0 Å². The predicted molar refractivity (Wildman–Crippen MR) is 87.7 cm³/mol. The molecule has 1 aromatic rings. The van der Waals surface area contributed by atoms with Gasteiger partial charge in [-0.15, -0.1) is 0 Å². The van der Waals surface area contributed by atoms with Crippen LogP contribution in [0.1, 0.15) is 45.7 Å². The topological polar surface area (TPSA) is 21.3 Å². The van der Waals surface area contributed by atoms with Gasteiger partial charge in [0.15, 0.2) is 0 Å². The fourth-order valence-corrected chi connectivity index (χ4v) is 2.69. The monoisotopic (exact) mass is 317 g/mol. The van der Waals surface area contributed by atoms with Gasteiger partial charge in [0.2, 0.25) is 0 Å². The molecule has 1 N–H and O–H groups in total. The lowest BCUT2D eigenvalue weighted by Gasteiger charge is -2.28. The summed E-state index contributed by atoms with van der Waals surface area (Å²) < 4.78 is 5.57. The van der Waals surface area contributed by atoms with Crippen LogP contribution in [0.2, 0.25) is 10.0 Å². The third-order valence-corrected chi connectivity index (χ3v) is 4.03. The summed E-state index contributed by atoms with van der Waals surface area (Å²) in [5, 5.41) is 5.05. The van der Waals surface area contributed by atoms with Crippen molar-refractivity contribution in [2.75, 3.05) is 13.2 Å². The molecule has 0 saturated carbocycles. The molecule has 0 saturated heterocycles. The molecular weight excluding hydrogens is 293 g/mol. The number of benzene rings is 1. The number of rotatable bonds is 8. The second-order valence-corrected chi connectivity index (χ2v) is 6.15. The Morgan fingerprint density at radius 2 is 1.90 bits per heavy atom. The molecule has 20 heavy (non-hydrogen) atoms. The van der Waals surface area contributed by atoms with Crippen molar-refractivity contribution >= 4 is 23.2 Å². The molecule has 1 rings (SSSR count). The van der Waals surface area contributed by atoms with E-state index in [1.165, 1.54) is 0 Å². The van der Waals surface area contributed by atoms with Crippen molar-refractivity contribution in [2.45, 2.75) is 46.2 Å². The maximum atomic E-state index is 6.31. The third kappa shape index (κ3) is 5.25. The molecule has 0 aliphatic rings. The average Bonchev–Trinajstić information content (AvgIpc) is 2.40. The van der Waals surface area contributed by atoms with Gasteiger partial charge in [-0.25, -0.2) is 0 Å². The first-order chi connectivity index (χ1) is 9.49. The number of hydrogen-bond donors (Lipinski definition) is 1. The summed E-state index contributed by atoms with van der Waals surface area (Å²) in [4.78, 5) is 0. The van der Waals surface area contributed by atoms with E-state index in [2.05, 4.69) is 26.1 Å². The van der Waals surface area contributed by atoms with E-state index in [-0.39, 0.29) is 6.04 Å². The standard InChI is InChI=1S/C16H25Cl2NO/c1-5-15(13-8-7-12(17)9-14(13)18)19-16(11(3)4)10-20-6-2/h7-9,11,15-16,19H,5-6,10H2,1-4H3. The van der Waals surface area contributed by atoms with Crippen molar-refractivity contribution in [3.63, 3.8) is 0 Å². The molecule has 2 atom stereocenters. The normalized spacial score (nSPS) is 14.6. The van der Waals surface area contributed by atoms with Gasteiger partial charge in [0.25, 0.3) is 0 Å². The summed E-state index contributed by atoms with van der Waals surface area (Å²) in [7, 11) is 0. The fraction of sp³-hybridized carbons (Fsp3) is 0.625. The van der Waals surface area contributed by atoms with Gasteiger partial charge >= 0.3 is 0 Å². The van der Waals surface area contributed by atoms with Crippen molar-refractivity contribution < 1.29 is 4.74 Å². The molecule has 0 heterocycles. The molecule has 2 nitrogen and oxygen atoms in total. The SMILES string of the molecule is CCOCC(NC(CC)c1ccc(Cl)cc1Cl)C(C)C. The molecule has 0 bridgehead atoms. The second-order valence-electron chi connectivity index (χ2n) is 5.30. The number of ether oxygens (including phenoxy) is 1. The van der Waals surface area contributed by atoms with Crippen LogP contribution in [0.4, 0.5) is 0 Å². The minimum absolute atomic E-state index is 0.215. The van der Waals surface area contributed by atoms with Crippen LogP contribution < -0.4 is 5.32 Å². The molecular formula is C16H25Cl2NO. The highest BCUT2D eigenvalue weighted by atomic mass is 35.5. The molecule has 1 aromatic carbocycles. The summed E-state index contributed by atoms with van der Waals surface area (Å²) in [5.74, 6) is 0.502. The number of hydrogen-bond acceptors (Lipinski definition) is 2. The van der Waals surface area contributed by atoms with Crippen molar-refractivity contribution in [2.24, 2.45) is 5.92 Å². The maximum absolute atomic E-state index is 6.31. The summed E-state index contributed by atoms with van der Waals surface area (Å²) in [6.07, 6.45) is 0.969. The Labute approximate surface area is 132 Å². The Balaban J connectivity index is 2.83. The largest absolute Gasteiger partial charge is 0.380 e. The van der Waals surface area contributed by atoms with Crippen LogP contribution >= 0.6 is 23.2 Å². The van der Waals surface area contributed by atoms with Crippen LogP contribution in [0.3, 0.4) is 0 Å². The molecule has 0 aliphatic carbocycles. The maximum Gasteiger partial charge on any atom is 0.0622 e. The highest BCUT2D eigenvalue weighted by Gasteiger charge is 2.20. The molecule has 114 valence electrons. The zero-order chi connectivity index (χ0) is 15.1. The van der Waals surface area contributed by atoms with E-state index in [0.29, 0.717) is 17.0 Å². The van der Waals surface area contributed by atoms with Crippen LogP contribution in [-0.2, 0) is 4.74 Å². The van der Waals surface area contributed by atoms with Gasteiger partial charge in [-0.05, 0) is 37.0 Å². The van der Waals surface area contributed by atoms with E-state index in [1.54, 1.807) is 6.07 Å². The molecule has 0 aliphatic heterocycles. The van der Waals surface area contributed by atoms with Gasteiger partial charge in [0.1, 0.15) is 0 Å². The molecule has 0 fully saturated rings. The fourth-order valence-electron chi connectivity index (χ4n) is 2.15. The zero-order valence-corrected chi connectivity index (χ0v) is 14.3. The summed E-state index contributed by atoms with van der Waals surface area (Å²) in [6, 6.07) is 6.22. The third-order valence-electron chi connectivity index (χ3n) is 3.47. The Morgan fingerprint density at radius 1 is 1.20 bits per heavy atom. The van der Waals surface area contributed by atoms with Crippen LogP contribution in [0.15, 0.2) is 18.2 Å².